The van der Waals surface area contributed by atoms with Gasteiger partial charge in [-0.3, -0.25) is 25.0 Å². The van der Waals surface area contributed by atoms with Crippen molar-refractivity contribution in [2.24, 2.45) is 21.4 Å². The monoisotopic (exact) mass is 528 g/mol. The highest BCUT2D eigenvalue weighted by Crippen LogP contribution is 2.71. The number of anilines is 1. The van der Waals surface area contributed by atoms with Crippen molar-refractivity contribution in [2.75, 3.05) is 5.32 Å². The largest absolute Gasteiger partial charge is 0.366 e. The molecule has 0 spiro atoms. The Labute approximate surface area is 217 Å². The number of halogens is 1. The molecule has 194 valence electrons. The number of hydrogen-bond acceptors (Lipinski definition) is 8. The third-order valence-electron chi connectivity index (χ3n) is 8.40. The summed E-state index contributed by atoms with van der Waals surface area (Å²) in [5.74, 6) is -1.24. The summed E-state index contributed by atoms with van der Waals surface area (Å²) in [6, 6.07) is 7.75. The number of nitro groups is 2. The molecule has 2 fully saturated rings. The number of carbonyl (C=O) groups excluding carboxylic acids is 2. The van der Waals surface area contributed by atoms with Crippen LogP contribution in [-0.4, -0.2) is 27.4 Å². The van der Waals surface area contributed by atoms with Crippen molar-refractivity contribution in [1.29, 1.82) is 0 Å². The molecule has 0 saturated heterocycles. The molecule has 2 aliphatic carbocycles. The predicted octanol–water partition coefficient (Wildman–Crippen LogP) is 5.83. The van der Waals surface area contributed by atoms with Crippen LogP contribution in [0.4, 0.5) is 17.1 Å². The number of amides is 1. The fourth-order valence-corrected chi connectivity index (χ4v) is 5.83. The second-order valence-electron chi connectivity index (χ2n) is 10.3. The van der Waals surface area contributed by atoms with Gasteiger partial charge in [-0.1, -0.05) is 37.5 Å². The Kier molecular flexibility index (Phi) is 6.31. The van der Waals surface area contributed by atoms with Crippen molar-refractivity contribution in [1.82, 2.24) is 0 Å². The molecule has 37 heavy (non-hydrogen) atoms. The lowest BCUT2D eigenvalue weighted by molar-refractivity contribution is -0.394. The number of carbonyl (C=O) groups is 2. The molecule has 2 unspecified atom stereocenters. The van der Waals surface area contributed by atoms with Gasteiger partial charge >= 0.3 is 5.97 Å². The summed E-state index contributed by atoms with van der Waals surface area (Å²) >= 11 is 6.04. The Morgan fingerprint density at radius 1 is 1.03 bits per heavy atom. The second-order valence-corrected chi connectivity index (χ2v) is 10.7. The first kappa shape index (κ1) is 26.2. The minimum atomic E-state index is -1.07. The third kappa shape index (κ3) is 4.12. The average molecular weight is 529 g/mol. The molecule has 4 rings (SSSR count). The van der Waals surface area contributed by atoms with Crippen LogP contribution in [0.1, 0.15) is 56.0 Å². The van der Waals surface area contributed by atoms with Gasteiger partial charge in [-0.2, -0.15) is 0 Å². The van der Waals surface area contributed by atoms with E-state index in [9.17, 15) is 29.8 Å². The maximum Gasteiger partial charge on any atom is 0.366 e. The molecule has 12 heteroatoms. The standard InChI is InChI=1S/C25H25ClN4O7/c1-14-9-16(26)5-6-19(14)27-22(32)25-8-7-24(4,23(25,2)3)20(13-25)28-37-21(31)15-10-17(29(33)34)12-18(11-15)30(35)36/h5-6,9-12H,7-8,13H2,1-4H3,(H,27,32)/b28-20-. The van der Waals surface area contributed by atoms with Crippen molar-refractivity contribution < 1.29 is 24.3 Å². The van der Waals surface area contributed by atoms with E-state index in [4.69, 9.17) is 16.4 Å². The van der Waals surface area contributed by atoms with Crippen LogP contribution in [-0.2, 0) is 9.63 Å². The zero-order chi connectivity index (χ0) is 27.3. The van der Waals surface area contributed by atoms with Crippen LogP contribution in [0.15, 0.2) is 41.6 Å². The lowest BCUT2D eigenvalue weighted by Gasteiger charge is -2.39. The molecule has 0 heterocycles. The van der Waals surface area contributed by atoms with E-state index < -0.39 is 43.4 Å². The highest BCUT2D eigenvalue weighted by molar-refractivity contribution is 6.30. The van der Waals surface area contributed by atoms with Gasteiger partial charge in [-0.15, -0.1) is 0 Å². The van der Waals surface area contributed by atoms with Crippen molar-refractivity contribution in [3.8, 4) is 0 Å². The van der Waals surface area contributed by atoms with E-state index in [1.54, 1.807) is 18.2 Å². The van der Waals surface area contributed by atoms with Crippen molar-refractivity contribution in [3.63, 3.8) is 0 Å². The number of oxime groups is 1. The Bertz CT molecular complexity index is 1360. The number of rotatable bonds is 6. The number of non-ortho nitro benzene ring substituents is 2. The van der Waals surface area contributed by atoms with Crippen LogP contribution in [0.25, 0.3) is 0 Å². The molecule has 2 aliphatic rings. The molecule has 0 aliphatic heterocycles. The summed E-state index contributed by atoms with van der Waals surface area (Å²) in [7, 11) is 0. The summed E-state index contributed by atoms with van der Waals surface area (Å²) in [5, 5.41) is 30.0. The van der Waals surface area contributed by atoms with Crippen LogP contribution < -0.4 is 5.32 Å². The fraction of sp³-hybridized carbons (Fsp3) is 0.400. The molecule has 0 radical (unpaired) electrons. The topological polar surface area (TPSA) is 154 Å². The second kappa shape index (κ2) is 8.91. The number of aryl methyl sites for hydroxylation is 1. The van der Waals surface area contributed by atoms with Crippen LogP contribution in [0.2, 0.25) is 5.02 Å². The van der Waals surface area contributed by atoms with Crippen LogP contribution in [0.5, 0.6) is 0 Å². The van der Waals surface area contributed by atoms with Gasteiger partial charge in [0.2, 0.25) is 5.91 Å². The first-order valence-electron chi connectivity index (χ1n) is 11.5. The van der Waals surface area contributed by atoms with Crippen molar-refractivity contribution in [2.45, 2.75) is 47.0 Å². The number of nitrogens with zero attached hydrogens (tertiary/aromatic N) is 3. The summed E-state index contributed by atoms with van der Waals surface area (Å²) < 4.78 is 0. The van der Waals surface area contributed by atoms with Crippen LogP contribution >= 0.6 is 11.6 Å². The van der Waals surface area contributed by atoms with Crippen molar-refractivity contribution >= 4 is 46.3 Å². The average Bonchev–Trinajstić information content (AvgIpc) is 3.14. The first-order valence-corrected chi connectivity index (χ1v) is 11.9. The normalized spacial score (nSPS) is 24.6. The van der Waals surface area contributed by atoms with Gasteiger partial charge < -0.3 is 10.2 Å². The van der Waals surface area contributed by atoms with E-state index in [0.717, 1.165) is 23.8 Å². The lowest BCUT2D eigenvalue weighted by Crippen LogP contribution is -2.43. The van der Waals surface area contributed by atoms with E-state index in [-0.39, 0.29) is 17.9 Å². The van der Waals surface area contributed by atoms with E-state index >= 15 is 0 Å². The van der Waals surface area contributed by atoms with E-state index in [1.807, 2.05) is 27.7 Å². The molecule has 1 amide bonds. The highest BCUT2D eigenvalue weighted by atomic mass is 35.5. The summed E-state index contributed by atoms with van der Waals surface area (Å²) in [6.07, 6.45) is 1.49. The zero-order valence-electron chi connectivity index (χ0n) is 20.7. The Morgan fingerprint density at radius 3 is 2.22 bits per heavy atom. The molecule has 2 saturated carbocycles. The highest BCUT2D eigenvalue weighted by Gasteiger charge is 2.71. The number of fused-ring (bicyclic) bond motifs is 2. The Morgan fingerprint density at radius 2 is 1.65 bits per heavy atom. The van der Waals surface area contributed by atoms with E-state index in [1.165, 1.54) is 0 Å². The Balaban J connectivity index is 1.61. The van der Waals surface area contributed by atoms with Gasteiger partial charge in [0.05, 0.1) is 32.6 Å². The van der Waals surface area contributed by atoms with Gasteiger partial charge in [-0.25, -0.2) is 4.79 Å². The van der Waals surface area contributed by atoms with Gasteiger partial charge in [0.1, 0.15) is 0 Å². The molecule has 2 bridgehead atoms. The molecule has 2 aromatic carbocycles. The first-order chi connectivity index (χ1) is 17.2. The smallest absolute Gasteiger partial charge is 0.325 e. The summed E-state index contributed by atoms with van der Waals surface area (Å²) in [4.78, 5) is 52.1. The Hall–Kier alpha value is -3.86. The van der Waals surface area contributed by atoms with E-state index in [0.29, 0.717) is 29.3 Å². The summed E-state index contributed by atoms with van der Waals surface area (Å²) in [5.41, 5.74) is -1.54. The molecule has 1 N–H and O–H groups in total. The number of benzene rings is 2. The van der Waals surface area contributed by atoms with Crippen LogP contribution in [0, 0.1) is 43.4 Å². The molecule has 11 nitrogen and oxygen atoms in total. The maximum absolute atomic E-state index is 13.7. The van der Waals surface area contributed by atoms with Gasteiger partial charge in [0.15, 0.2) is 0 Å². The van der Waals surface area contributed by atoms with Gasteiger partial charge in [0.25, 0.3) is 11.4 Å². The SMILES string of the molecule is Cc1cc(Cl)ccc1NC(=O)C12CCC(C)(/C(=N\OC(=O)c3cc([N+](=O)[O-])cc([N+](=O)[O-])c3)C1)C2(C)C. The predicted molar refractivity (Wildman–Crippen MR) is 136 cm³/mol. The lowest BCUT2D eigenvalue weighted by atomic mass is 9.64. The van der Waals surface area contributed by atoms with Gasteiger partial charge in [0, 0.05) is 34.7 Å². The zero-order valence-corrected chi connectivity index (χ0v) is 21.4. The minimum absolute atomic E-state index is 0.169. The molecule has 2 aromatic rings. The van der Waals surface area contributed by atoms with Crippen LogP contribution in [0.3, 0.4) is 0 Å². The summed E-state index contributed by atoms with van der Waals surface area (Å²) in [6.45, 7) is 7.79. The maximum atomic E-state index is 13.7. The third-order valence-corrected chi connectivity index (χ3v) is 8.64. The molecule has 0 aromatic heterocycles. The number of nitrogens with one attached hydrogen (secondary N) is 1. The number of hydrogen-bond donors (Lipinski definition) is 1. The molecule has 2 atom stereocenters. The molecular formula is C25H25ClN4O7. The fourth-order valence-electron chi connectivity index (χ4n) is 5.60. The minimum Gasteiger partial charge on any atom is -0.325 e. The van der Waals surface area contributed by atoms with Gasteiger partial charge in [-0.05, 0) is 48.9 Å². The number of nitro benzene ring substituents is 2. The quantitative estimate of drug-likeness (QED) is 0.281. The van der Waals surface area contributed by atoms with E-state index in [2.05, 4.69) is 10.5 Å². The van der Waals surface area contributed by atoms with Crippen molar-refractivity contribution in [3.05, 3.63) is 72.8 Å². The molecular weight excluding hydrogens is 504 g/mol.